The van der Waals surface area contributed by atoms with E-state index in [2.05, 4.69) is 5.32 Å². The van der Waals surface area contributed by atoms with Gasteiger partial charge in [-0.25, -0.2) is 8.42 Å². The smallest absolute Gasteiger partial charge is 0.217 e. The molecule has 1 aliphatic heterocycles. The quantitative estimate of drug-likeness (QED) is 0.718. The highest BCUT2D eigenvalue weighted by atomic mass is 32.2. The summed E-state index contributed by atoms with van der Waals surface area (Å²) in [6.07, 6.45) is 2.79. The summed E-state index contributed by atoms with van der Waals surface area (Å²) in [6, 6.07) is 0.120. The average Bonchev–Trinajstić information content (AvgIpc) is 2.00. The summed E-state index contributed by atoms with van der Waals surface area (Å²) in [5.41, 5.74) is 0. The van der Waals surface area contributed by atoms with E-state index < -0.39 is 10.0 Å². The molecule has 1 saturated carbocycles. The van der Waals surface area contributed by atoms with Crippen molar-refractivity contribution in [1.82, 2.24) is 9.62 Å². The van der Waals surface area contributed by atoms with Crippen LogP contribution in [-0.2, 0) is 10.0 Å². The molecule has 1 aliphatic carbocycles. The summed E-state index contributed by atoms with van der Waals surface area (Å²) in [6.45, 7) is 4.19. The van der Waals surface area contributed by atoms with Gasteiger partial charge in [-0.05, 0) is 19.8 Å². The van der Waals surface area contributed by atoms with Gasteiger partial charge in [-0.1, -0.05) is 6.42 Å². The maximum absolute atomic E-state index is 12.1. The molecule has 1 saturated heterocycles. The van der Waals surface area contributed by atoms with Crippen LogP contribution in [0.4, 0.5) is 0 Å². The monoisotopic (exact) mass is 218 g/mol. The van der Waals surface area contributed by atoms with Crippen LogP contribution in [-0.4, -0.2) is 43.6 Å². The van der Waals surface area contributed by atoms with Crippen molar-refractivity contribution < 1.29 is 8.42 Å². The molecule has 0 aromatic carbocycles. The molecule has 0 bridgehead atoms. The fourth-order valence-corrected chi connectivity index (χ4v) is 4.29. The SMILES string of the molecule is CC1CNCCN1S(=O)(=O)C1CCC1. The summed E-state index contributed by atoms with van der Waals surface area (Å²) in [5.74, 6) is 0. The molecule has 0 amide bonds. The first-order chi connectivity index (χ1) is 6.62. The molecule has 1 N–H and O–H groups in total. The van der Waals surface area contributed by atoms with Crippen molar-refractivity contribution >= 4 is 10.0 Å². The summed E-state index contributed by atoms with van der Waals surface area (Å²) >= 11 is 0. The third-order valence-electron chi connectivity index (χ3n) is 3.24. The van der Waals surface area contributed by atoms with Crippen molar-refractivity contribution in [3.8, 4) is 0 Å². The van der Waals surface area contributed by atoms with Gasteiger partial charge >= 0.3 is 0 Å². The summed E-state index contributed by atoms with van der Waals surface area (Å²) in [7, 11) is -2.98. The average molecular weight is 218 g/mol. The third-order valence-corrected chi connectivity index (χ3v) is 5.75. The van der Waals surface area contributed by atoms with Crippen LogP contribution >= 0.6 is 0 Å². The molecule has 82 valence electrons. The van der Waals surface area contributed by atoms with Gasteiger partial charge in [0.1, 0.15) is 0 Å². The Morgan fingerprint density at radius 2 is 2.07 bits per heavy atom. The number of rotatable bonds is 2. The normalized spacial score (nSPS) is 31.4. The van der Waals surface area contributed by atoms with E-state index in [-0.39, 0.29) is 11.3 Å². The van der Waals surface area contributed by atoms with Gasteiger partial charge in [-0.3, -0.25) is 0 Å². The largest absolute Gasteiger partial charge is 0.314 e. The molecule has 0 radical (unpaired) electrons. The Bertz CT molecular complexity index is 298. The van der Waals surface area contributed by atoms with Crippen LogP contribution in [0.2, 0.25) is 0 Å². The first-order valence-corrected chi connectivity index (χ1v) is 6.84. The number of nitrogens with zero attached hydrogens (tertiary/aromatic N) is 1. The van der Waals surface area contributed by atoms with E-state index in [1.807, 2.05) is 6.92 Å². The Hall–Kier alpha value is -0.130. The maximum Gasteiger partial charge on any atom is 0.217 e. The number of piperazine rings is 1. The number of hydrogen-bond donors (Lipinski definition) is 1. The Balaban J connectivity index is 2.11. The zero-order valence-electron chi connectivity index (χ0n) is 8.57. The number of hydrogen-bond acceptors (Lipinski definition) is 3. The molecule has 2 rings (SSSR count). The van der Waals surface area contributed by atoms with Gasteiger partial charge in [-0.2, -0.15) is 4.31 Å². The van der Waals surface area contributed by atoms with E-state index in [4.69, 9.17) is 0 Å². The van der Waals surface area contributed by atoms with Crippen molar-refractivity contribution in [2.75, 3.05) is 19.6 Å². The molecular weight excluding hydrogens is 200 g/mol. The summed E-state index contributed by atoms with van der Waals surface area (Å²) in [5, 5.41) is 3.12. The predicted molar refractivity (Wildman–Crippen MR) is 55.6 cm³/mol. The first-order valence-electron chi connectivity index (χ1n) is 5.34. The lowest BCUT2D eigenvalue weighted by molar-refractivity contribution is 0.274. The summed E-state index contributed by atoms with van der Waals surface area (Å²) in [4.78, 5) is 0. The van der Waals surface area contributed by atoms with E-state index in [1.54, 1.807) is 4.31 Å². The maximum atomic E-state index is 12.1. The molecule has 0 aromatic heterocycles. The van der Waals surface area contributed by atoms with Crippen LogP contribution in [0, 0.1) is 0 Å². The molecule has 5 heteroatoms. The van der Waals surface area contributed by atoms with E-state index in [0.717, 1.165) is 32.4 Å². The minimum Gasteiger partial charge on any atom is -0.314 e. The first kappa shape index (κ1) is 10.4. The third kappa shape index (κ3) is 1.68. The van der Waals surface area contributed by atoms with Crippen molar-refractivity contribution in [3.63, 3.8) is 0 Å². The molecule has 1 atom stereocenters. The second-order valence-corrected chi connectivity index (χ2v) is 6.43. The zero-order chi connectivity index (χ0) is 10.2. The Labute approximate surface area is 85.7 Å². The minimum absolute atomic E-state index is 0.0805. The minimum atomic E-state index is -2.98. The van der Waals surface area contributed by atoms with Gasteiger partial charge in [0.15, 0.2) is 0 Å². The summed E-state index contributed by atoms with van der Waals surface area (Å²) < 4.78 is 25.8. The lowest BCUT2D eigenvalue weighted by Gasteiger charge is -2.38. The molecule has 2 fully saturated rings. The zero-order valence-corrected chi connectivity index (χ0v) is 9.39. The molecule has 1 heterocycles. The van der Waals surface area contributed by atoms with Crippen molar-refractivity contribution in [1.29, 1.82) is 0 Å². The highest BCUT2D eigenvalue weighted by molar-refractivity contribution is 7.89. The highest BCUT2D eigenvalue weighted by Gasteiger charge is 2.38. The van der Waals surface area contributed by atoms with Crippen LogP contribution in [0.1, 0.15) is 26.2 Å². The number of nitrogens with one attached hydrogen (secondary N) is 1. The lowest BCUT2D eigenvalue weighted by atomic mass is 10.0. The Morgan fingerprint density at radius 1 is 1.36 bits per heavy atom. The van der Waals surface area contributed by atoms with Crippen LogP contribution in [0.25, 0.3) is 0 Å². The standard InChI is InChI=1S/C9H18N2O2S/c1-8-7-10-5-6-11(8)14(12,13)9-3-2-4-9/h8-10H,2-7H2,1H3. The van der Waals surface area contributed by atoms with Gasteiger partial charge in [-0.15, -0.1) is 0 Å². The fraction of sp³-hybridized carbons (Fsp3) is 1.00. The van der Waals surface area contributed by atoms with Crippen LogP contribution < -0.4 is 5.32 Å². The van der Waals surface area contributed by atoms with Crippen LogP contribution in [0.5, 0.6) is 0 Å². The fourth-order valence-electron chi connectivity index (χ4n) is 2.06. The number of sulfonamides is 1. The molecule has 4 nitrogen and oxygen atoms in total. The molecule has 1 unspecified atom stereocenters. The Morgan fingerprint density at radius 3 is 2.57 bits per heavy atom. The second kappa shape index (κ2) is 3.79. The molecule has 14 heavy (non-hydrogen) atoms. The Kier molecular flexibility index (Phi) is 2.81. The van der Waals surface area contributed by atoms with Crippen molar-refractivity contribution in [2.24, 2.45) is 0 Å². The van der Waals surface area contributed by atoms with Gasteiger partial charge in [0.2, 0.25) is 10.0 Å². The molecular formula is C9H18N2O2S. The molecule has 0 aromatic rings. The highest BCUT2D eigenvalue weighted by Crippen LogP contribution is 2.29. The van der Waals surface area contributed by atoms with Crippen LogP contribution in [0.15, 0.2) is 0 Å². The van der Waals surface area contributed by atoms with Crippen molar-refractivity contribution in [2.45, 2.75) is 37.5 Å². The second-order valence-electron chi connectivity index (χ2n) is 4.26. The molecule has 0 spiro atoms. The topological polar surface area (TPSA) is 49.4 Å². The van der Waals surface area contributed by atoms with Gasteiger partial charge in [0.05, 0.1) is 5.25 Å². The van der Waals surface area contributed by atoms with Gasteiger partial charge in [0.25, 0.3) is 0 Å². The van der Waals surface area contributed by atoms with E-state index in [0.29, 0.717) is 6.54 Å². The van der Waals surface area contributed by atoms with Gasteiger partial charge in [0, 0.05) is 25.7 Å². The van der Waals surface area contributed by atoms with Gasteiger partial charge < -0.3 is 5.32 Å². The van der Waals surface area contributed by atoms with Crippen LogP contribution in [0.3, 0.4) is 0 Å². The lowest BCUT2D eigenvalue weighted by Crippen LogP contribution is -2.55. The van der Waals surface area contributed by atoms with E-state index >= 15 is 0 Å². The predicted octanol–water partition coefficient (Wildman–Crippen LogP) is 0.162. The van der Waals surface area contributed by atoms with Crippen molar-refractivity contribution in [3.05, 3.63) is 0 Å². The van der Waals surface area contributed by atoms with E-state index in [9.17, 15) is 8.42 Å². The molecule has 2 aliphatic rings. The van der Waals surface area contributed by atoms with E-state index in [1.165, 1.54) is 0 Å².